The van der Waals surface area contributed by atoms with Crippen LogP contribution in [0.15, 0.2) is 84.9 Å². The number of fused-ring (bicyclic) bond motifs is 4. The normalized spacial score (nSPS) is 15.5. The molecule has 6 rings (SSSR count). The van der Waals surface area contributed by atoms with Crippen LogP contribution in [0.25, 0.3) is 11.6 Å². The Kier molecular flexibility index (Phi) is 7.14. The van der Waals surface area contributed by atoms with E-state index in [0.29, 0.717) is 16.3 Å². The summed E-state index contributed by atoms with van der Waals surface area (Å²) in [4.78, 5) is 28.6. The van der Waals surface area contributed by atoms with Crippen molar-refractivity contribution in [2.75, 3.05) is 19.4 Å². The number of hydrogen-bond acceptors (Lipinski definition) is 3. The number of carbonyl (C=O) groups is 2. The maximum atomic E-state index is 13.8. The topological polar surface area (TPSA) is 49.4 Å². The van der Waals surface area contributed by atoms with E-state index in [1.165, 1.54) is 26.8 Å². The molecule has 200 valence electrons. The maximum Gasteiger partial charge on any atom is 0.228 e. The first kappa shape index (κ1) is 26.2. The lowest BCUT2D eigenvalue weighted by molar-refractivity contribution is -0.115. The fourth-order valence-corrected chi connectivity index (χ4v) is 6.25. The van der Waals surface area contributed by atoms with E-state index in [2.05, 4.69) is 66.8 Å². The Morgan fingerprint density at radius 3 is 2.35 bits per heavy atom. The quantitative estimate of drug-likeness (QED) is 0.321. The third-order valence-electron chi connectivity index (χ3n) is 7.99. The highest BCUT2D eigenvalue weighted by Crippen LogP contribution is 2.30. The predicted octanol–water partition coefficient (Wildman–Crippen LogP) is 5.57. The second-order valence-electron chi connectivity index (χ2n) is 10.8. The van der Waals surface area contributed by atoms with Gasteiger partial charge in [0.1, 0.15) is 0 Å². The summed E-state index contributed by atoms with van der Waals surface area (Å²) in [6, 6.07) is 27.6. The van der Waals surface area contributed by atoms with Gasteiger partial charge in [0.15, 0.2) is 5.78 Å². The van der Waals surface area contributed by atoms with Gasteiger partial charge in [0.25, 0.3) is 0 Å². The van der Waals surface area contributed by atoms with Crippen LogP contribution < -0.4 is 15.8 Å². The average Bonchev–Trinajstić information content (AvgIpc) is 2.97. The Hall–Kier alpha value is -3.99. The van der Waals surface area contributed by atoms with E-state index >= 15 is 0 Å². The minimum atomic E-state index is -0.152. The van der Waals surface area contributed by atoms with Crippen LogP contribution in [-0.2, 0) is 17.6 Å². The molecule has 0 aromatic heterocycles. The summed E-state index contributed by atoms with van der Waals surface area (Å²) in [5.41, 5.74) is 5.55. The highest BCUT2D eigenvalue weighted by atomic mass is 35.5. The summed E-state index contributed by atoms with van der Waals surface area (Å²) in [7, 11) is 4.23. The zero-order valence-corrected chi connectivity index (χ0v) is 23.5. The largest absolute Gasteiger partial charge is 0.326 e. The first-order valence-corrected chi connectivity index (χ1v) is 14.1. The molecule has 1 unspecified atom stereocenters. The predicted molar refractivity (Wildman–Crippen MR) is 162 cm³/mol. The summed E-state index contributed by atoms with van der Waals surface area (Å²) in [5.74, 6) is -0.0993. The van der Waals surface area contributed by atoms with Gasteiger partial charge >= 0.3 is 0 Å². The molecule has 0 aliphatic heterocycles. The minimum absolute atomic E-state index is 0.0523. The van der Waals surface area contributed by atoms with Crippen molar-refractivity contribution >= 4 is 40.6 Å². The first-order valence-electron chi connectivity index (χ1n) is 13.7. The monoisotopic (exact) mass is 546 g/mol. The number of anilines is 1. The van der Waals surface area contributed by atoms with E-state index in [1.807, 2.05) is 18.2 Å². The molecule has 0 bridgehead atoms. The number of Topliss-reactive ketones (excluding diaryl/α,β-unsaturated/α-hetero) is 1. The fraction of sp³-hybridized carbons (Fsp3) is 0.200. The number of hydrogen-bond donors (Lipinski definition) is 1. The Morgan fingerprint density at radius 2 is 1.57 bits per heavy atom. The third kappa shape index (κ3) is 4.90. The van der Waals surface area contributed by atoms with Gasteiger partial charge in [-0.25, -0.2) is 0 Å². The molecule has 0 radical (unpaired) electrons. The Morgan fingerprint density at radius 1 is 0.850 bits per heavy atom. The van der Waals surface area contributed by atoms with Crippen molar-refractivity contribution in [1.82, 2.24) is 4.90 Å². The standard InChI is InChI=1S/C35H31ClN2O2/c1-38(2)32-20-23-8-3-5-10-26(23)29-19-18-27-28(34(29)32)11-7-12-30(27)35(40)22-14-16-25(17-15-22)37-33(39)21-24-9-4-6-13-31(24)36/h3-6,8-10,13-20,32H,7,11-12,21H2,1-2H3,(H,37,39). The van der Waals surface area contributed by atoms with Gasteiger partial charge in [0.05, 0.1) is 12.5 Å². The molecular weight excluding hydrogens is 516 g/mol. The third-order valence-corrected chi connectivity index (χ3v) is 8.36. The SMILES string of the molecule is CN(C)C1C=c2ccccc2=c2ccc3c(c21)CCCC=3C(=O)c1ccc(NC(=O)Cc2ccccc2Cl)cc1. The van der Waals surface area contributed by atoms with Crippen molar-refractivity contribution < 1.29 is 9.59 Å². The summed E-state index contributed by atoms with van der Waals surface area (Å²) < 4.78 is 0. The van der Waals surface area contributed by atoms with Crippen LogP contribution in [0.3, 0.4) is 0 Å². The zero-order valence-electron chi connectivity index (χ0n) is 22.7. The van der Waals surface area contributed by atoms with Crippen LogP contribution in [0.2, 0.25) is 5.02 Å². The average molecular weight is 547 g/mol. The molecule has 1 atom stereocenters. The van der Waals surface area contributed by atoms with E-state index in [9.17, 15) is 9.59 Å². The molecule has 2 aliphatic rings. The molecule has 4 aromatic rings. The smallest absolute Gasteiger partial charge is 0.228 e. The highest BCUT2D eigenvalue weighted by Gasteiger charge is 2.25. The van der Waals surface area contributed by atoms with Crippen LogP contribution in [0.4, 0.5) is 5.69 Å². The van der Waals surface area contributed by atoms with Crippen molar-refractivity contribution in [2.45, 2.75) is 31.7 Å². The van der Waals surface area contributed by atoms with Gasteiger partial charge in [0.2, 0.25) is 5.91 Å². The van der Waals surface area contributed by atoms with Crippen LogP contribution >= 0.6 is 11.6 Å². The molecule has 5 heteroatoms. The molecule has 2 aliphatic carbocycles. The fourth-order valence-electron chi connectivity index (χ4n) is 6.05. The van der Waals surface area contributed by atoms with E-state index in [0.717, 1.165) is 35.6 Å². The molecule has 0 fully saturated rings. The number of rotatable bonds is 6. The molecule has 4 aromatic carbocycles. The maximum absolute atomic E-state index is 13.8. The van der Waals surface area contributed by atoms with Crippen LogP contribution in [0, 0.1) is 10.4 Å². The number of benzene rings is 4. The number of nitrogens with one attached hydrogen (secondary N) is 1. The number of amides is 1. The van der Waals surface area contributed by atoms with Crippen molar-refractivity contribution in [3.63, 3.8) is 0 Å². The van der Waals surface area contributed by atoms with Gasteiger partial charge in [0, 0.05) is 21.8 Å². The first-order chi connectivity index (χ1) is 19.4. The zero-order chi connectivity index (χ0) is 27.8. The summed E-state index contributed by atoms with van der Waals surface area (Å²) in [5, 5.41) is 8.33. The Bertz CT molecular complexity index is 1860. The van der Waals surface area contributed by atoms with Crippen LogP contribution in [0.1, 0.15) is 45.9 Å². The van der Waals surface area contributed by atoms with Crippen LogP contribution in [-0.4, -0.2) is 30.7 Å². The lowest BCUT2D eigenvalue weighted by atomic mass is 9.82. The van der Waals surface area contributed by atoms with Crippen molar-refractivity contribution in [3.05, 3.63) is 133 Å². The molecule has 1 amide bonds. The second kappa shape index (κ2) is 10.9. The molecule has 40 heavy (non-hydrogen) atoms. The van der Waals surface area contributed by atoms with Gasteiger partial charge in [-0.1, -0.05) is 72.3 Å². The number of nitrogens with zero attached hydrogens (tertiary/aromatic N) is 1. The Balaban J connectivity index is 1.33. The van der Waals surface area contributed by atoms with Gasteiger partial charge < -0.3 is 5.32 Å². The van der Waals surface area contributed by atoms with Gasteiger partial charge in [-0.3, -0.25) is 14.5 Å². The summed E-state index contributed by atoms with van der Waals surface area (Å²) in [6.45, 7) is 0. The van der Waals surface area contributed by atoms with Crippen LogP contribution in [0.5, 0.6) is 0 Å². The number of halogens is 1. The van der Waals surface area contributed by atoms with Crippen molar-refractivity contribution in [2.24, 2.45) is 0 Å². The van der Waals surface area contributed by atoms with E-state index < -0.39 is 0 Å². The van der Waals surface area contributed by atoms with Crippen molar-refractivity contribution in [3.8, 4) is 0 Å². The highest BCUT2D eigenvalue weighted by molar-refractivity contribution is 6.31. The molecule has 0 heterocycles. The molecule has 0 saturated carbocycles. The number of ketones is 1. The summed E-state index contributed by atoms with van der Waals surface area (Å²) in [6.07, 6.45) is 5.20. The molecule has 4 nitrogen and oxygen atoms in total. The van der Waals surface area contributed by atoms with E-state index in [4.69, 9.17) is 11.6 Å². The molecule has 1 N–H and O–H groups in total. The lowest BCUT2D eigenvalue weighted by Crippen LogP contribution is -2.31. The Labute approximate surface area is 238 Å². The van der Waals surface area contributed by atoms with Gasteiger partial charge in [-0.05, 0) is 101 Å². The van der Waals surface area contributed by atoms with Gasteiger partial charge in [-0.2, -0.15) is 0 Å². The van der Waals surface area contributed by atoms with Gasteiger partial charge in [-0.15, -0.1) is 0 Å². The van der Waals surface area contributed by atoms with E-state index in [-0.39, 0.29) is 24.2 Å². The second-order valence-corrected chi connectivity index (χ2v) is 11.2. The summed E-state index contributed by atoms with van der Waals surface area (Å²) >= 11 is 6.20. The van der Waals surface area contributed by atoms with Crippen molar-refractivity contribution in [1.29, 1.82) is 0 Å². The molecule has 0 spiro atoms. The molecule has 0 saturated heterocycles. The minimum Gasteiger partial charge on any atom is -0.326 e. The van der Waals surface area contributed by atoms with E-state index in [1.54, 1.807) is 30.3 Å². The lowest BCUT2D eigenvalue weighted by Gasteiger charge is -2.29. The number of carbonyl (C=O) groups excluding carboxylic acids is 2. The molecular formula is C35H31ClN2O2.